The molecule has 0 aliphatic carbocycles. The number of aliphatic hydroxyl groups excluding tert-OH is 1. The molecule has 3 N–H and O–H groups in total. The number of fused-ring (bicyclic) bond motifs is 3. The van der Waals surface area contributed by atoms with Crippen molar-refractivity contribution in [3.63, 3.8) is 0 Å². The summed E-state index contributed by atoms with van der Waals surface area (Å²) in [6.07, 6.45) is 3.37. The van der Waals surface area contributed by atoms with Gasteiger partial charge in [0.1, 0.15) is 12.4 Å². The van der Waals surface area contributed by atoms with Crippen molar-refractivity contribution in [3.05, 3.63) is 49.0 Å². The van der Waals surface area contributed by atoms with Crippen LogP contribution in [0.3, 0.4) is 0 Å². The molecule has 1 aliphatic rings. The third kappa shape index (κ3) is 4.20. The number of piperazine rings is 1. The van der Waals surface area contributed by atoms with Crippen molar-refractivity contribution in [1.29, 1.82) is 0 Å². The van der Waals surface area contributed by atoms with E-state index < -0.39 is 0 Å². The largest absolute Gasteiger partial charge is 0.491 e. The third-order valence-electron chi connectivity index (χ3n) is 6.40. The zero-order valence-corrected chi connectivity index (χ0v) is 19.7. The Labute approximate surface area is 206 Å². The normalized spacial score (nSPS) is 14.8. The lowest BCUT2D eigenvalue weighted by atomic mass is 10.2. The van der Waals surface area contributed by atoms with Crippen molar-refractivity contribution in [2.24, 2.45) is 0 Å². The predicted octanol–water partition coefficient (Wildman–Crippen LogP) is 1.51. The first kappa shape index (κ1) is 22.3. The highest BCUT2D eigenvalue weighted by molar-refractivity contribution is 5.87. The number of hydrogen-bond acceptors (Lipinski definition) is 10. The van der Waals surface area contributed by atoms with Gasteiger partial charge in [0.2, 0.25) is 11.8 Å². The lowest BCUT2D eigenvalue weighted by Crippen LogP contribution is -2.47. The second-order valence-electron chi connectivity index (χ2n) is 8.62. The number of nitrogens with zero attached hydrogens (tertiary/aromatic N) is 8. The van der Waals surface area contributed by atoms with E-state index in [1.54, 1.807) is 24.7 Å². The highest BCUT2D eigenvalue weighted by Gasteiger charge is 2.20. The van der Waals surface area contributed by atoms with Crippen molar-refractivity contribution in [2.75, 3.05) is 56.6 Å². The van der Waals surface area contributed by atoms with Gasteiger partial charge in [-0.1, -0.05) is 0 Å². The van der Waals surface area contributed by atoms with Crippen molar-refractivity contribution < 1.29 is 14.3 Å². The Morgan fingerprint density at radius 3 is 2.58 bits per heavy atom. The molecule has 0 radical (unpaired) electrons. The van der Waals surface area contributed by atoms with Gasteiger partial charge in [-0.25, -0.2) is 9.97 Å². The molecule has 0 atom stereocenters. The smallest absolute Gasteiger partial charge is 0.225 e. The summed E-state index contributed by atoms with van der Waals surface area (Å²) >= 11 is 0. The van der Waals surface area contributed by atoms with Gasteiger partial charge in [0.05, 0.1) is 19.2 Å². The summed E-state index contributed by atoms with van der Waals surface area (Å²) in [6.45, 7) is 5.77. The van der Waals surface area contributed by atoms with Crippen LogP contribution >= 0.6 is 0 Å². The quantitative estimate of drug-likeness (QED) is 0.330. The zero-order chi connectivity index (χ0) is 24.5. The SMILES string of the molecule is Nc1nc2c(ncn2CCN2CCN(c3ccc(OCCO)cc3)CC2)c2nc(-c3ccco3)nn12. The van der Waals surface area contributed by atoms with Crippen molar-refractivity contribution >= 4 is 28.4 Å². The van der Waals surface area contributed by atoms with E-state index in [9.17, 15) is 0 Å². The number of hydrogen-bond donors (Lipinski definition) is 2. The van der Waals surface area contributed by atoms with Crippen LogP contribution in [0, 0.1) is 0 Å². The number of imidazole rings is 1. The summed E-state index contributed by atoms with van der Waals surface area (Å²) in [5.41, 5.74) is 9.29. The molecule has 1 aromatic carbocycles. The maximum absolute atomic E-state index is 8.89. The number of nitrogen functional groups attached to an aromatic ring is 1. The Kier molecular flexibility index (Phi) is 5.87. The van der Waals surface area contributed by atoms with Crippen LogP contribution < -0.4 is 15.4 Å². The molecular weight excluding hydrogens is 462 g/mol. The van der Waals surface area contributed by atoms with Crippen LogP contribution in [-0.2, 0) is 6.54 Å². The van der Waals surface area contributed by atoms with Crippen LogP contribution in [0.5, 0.6) is 5.75 Å². The summed E-state index contributed by atoms with van der Waals surface area (Å²) in [5.74, 6) is 2.04. The Balaban J connectivity index is 1.11. The number of anilines is 2. The van der Waals surface area contributed by atoms with Gasteiger partial charge in [-0.3, -0.25) is 4.90 Å². The molecule has 0 bridgehead atoms. The summed E-state index contributed by atoms with van der Waals surface area (Å²) in [7, 11) is 0. The minimum Gasteiger partial charge on any atom is -0.491 e. The van der Waals surface area contributed by atoms with E-state index in [2.05, 4.69) is 42.0 Å². The molecule has 0 saturated carbocycles. The fourth-order valence-electron chi connectivity index (χ4n) is 4.50. The van der Waals surface area contributed by atoms with Gasteiger partial charge in [0.25, 0.3) is 0 Å². The van der Waals surface area contributed by atoms with E-state index in [0.29, 0.717) is 35.0 Å². The van der Waals surface area contributed by atoms with E-state index in [-0.39, 0.29) is 12.6 Å². The van der Waals surface area contributed by atoms with Crippen LogP contribution in [0.25, 0.3) is 28.4 Å². The number of nitrogens with two attached hydrogens (primary N) is 1. The molecule has 1 aliphatic heterocycles. The minimum absolute atomic E-state index is 0.0135. The van der Waals surface area contributed by atoms with Crippen molar-refractivity contribution in [3.8, 4) is 17.3 Å². The van der Waals surface area contributed by atoms with Crippen LogP contribution in [0.2, 0.25) is 0 Å². The van der Waals surface area contributed by atoms with Gasteiger partial charge in [-0.05, 0) is 36.4 Å². The second-order valence-corrected chi connectivity index (χ2v) is 8.62. The van der Waals surface area contributed by atoms with E-state index in [1.165, 1.54) is 10.2 Å². The number of benzene rings is 1. The molecule has 0 unspecified atom stereocenters. The molecule has 5 aromatic rings. The van der Waals surface area contributed by atoms with E-state index in [4.69, 9.17) is 20.0 Å². The zero-order valence-electron chi connectivity index (χ0n) is 19.7. The first-order valence-corrected chi connectivity index (χ1v) is 11.9. The highest BCUT2D eigenvalue weighted by atomic mass is 16.5. The fourth-order valence-corrected chi connectivity index (χ4v) is 4.50. The van der Waals surface area contributed by atoms with Gasteiger partial charge >= 0.3 is 0 Å². The van der Waals surface area contributed by atoms with Crippen LogP contribution in [0.15, 0.2) is 53.4 Å². The Bertz CT molecular complexity index is 1450. The number of furan rings is 1. The highest BCUT2D eigenvalue weighted by Crippen LogP contribution is 2.23. The van der Waals surface area contributed by atoms with Gasteiger partial charge in [0, 0.05) is 45.0 Å². The summed E-state index contributed by atoms with van der Waals surface area (Å²) < 4.78 is 14.4. The number of aromatic nitrogens is 6. The van der Waals surface area contributed by atoms with E-state index in [0.717, 1.165) is 45.0 Å². The van der Waals surface area contributed by atoms with Crippen LogP contribution in [0.4, 0.5) is 11.6 Å². The Morgan fingerprint density at radius 2 is 1.83 bits per heavy atom. The lowest BCUT2D eigenvalue weighted by Gasteiger charge is -2.36. The van der Waals surface area contributed by atoms with Gasteiger partial charge in [0.15, 0.2) is 22.6 Å². The lowest BCUT2D eigenvalue weighted by molar-refractivity contribution is 0.201. The Hall–Kier alpha value is -4.16. The maximum atomic E-state index is 8.89. The molecule has 36 heavy (non-hydrogen) atoms. The number of rotatable bonds is 8. The first-order chi connectivity index (χ1) is 17.7. The van der Waals surface area contributed by atoms with Gasteiger partial charge in [-0.2, -0.15) is 9.50 Å². The number of ether oxygens (including phenoxy) is 1. The molecule has 12 heteroatoms. The molecule has 1 saturated heterocycles. The summed E-state index contributed by atoms with van der Waals surface area (Å²) in [5, 5.41) is 13.3. The van der Waals surface area contributed by atoms with Crippen molar-refractivity contribution in [2.45, 2.75) is 6.54 Å². The van der Waals surface area contributed by atoms with E-state index >= 15 is 0 Å². The average molecular weight is 490 g/mol. The second kappa shape index (κ2) is 9.47. The molecule has 1 fully saturated rings. The molecular formula is C24H27N9O3. The standard InChI is InChI=1S/C24H27N9O3/c25-24-28-22-20(23-27-21(29-33(23)24)19-2-1-14-36-19)26-16-32(22)12-9-30-7-10-31(11-8-30)17-3-5-18(6-4-17)35-15-13-34/h1-6,14,16,34H,7-13,15H2,(H2,25,28). The topological polar surface area (TPSA) is 136 Å². The molecule has 186 valence electrons. The summed E-state index contributed by atoms with van der Waals surface area (Å²) in [4.78, 5) is 18.5. The van der Waals surface area contributed by atoms with Crippen LogP contribution in [0.1, 0.15) is 0 Å². The van der Waals surface area contributed by atoms with Gasteiger partial charge in [-0.15, -0.1) is 5.10 Å². The molecule has 4 aromatic heterocycles. The van der Waals surface area contributed by atoms with E-state index in [1.807, 2.05) is 16.7 Å². The predicted molar refractivity (Wildman–Crippen MR) is 134 cm³/mol. The first-order valence-electron chi connectivity index (χ1n) is 11.9. The number of aliphatic hydroxyl groups is 1. The maximum Gasteiger partial charge on any atom is 0.225 e. The Morgan fingerprint density at radius 1 is 1.00 bits per heavy atom. The minimum atomic E-state index is 0.0135. The molecule has 12 nitrogen and oxygen atoms in total. The van der Waals surface area contributed by atoms with Crippen molar-refractivity contribution in [1.82, 2.24) is 34.0 Å². The molecule has 5 heterocycles. The van der Waals surface area contributed by atoms with Gasteiger partial charge < -0.3 is 29.5 Å². The fraction of sp³-hybridized carbons (Fsp3) is 0.333. The molecule has 6 rings (SSSR count). The third-order valence-corrected chi connectivity index (χ3v) is 6.40. The average Bonchev–Trinajstić information content (AvgIpc) is 3.67. The molecule has 0 amide bonds. The molecule has 0 spiro atoms. The summed E-state index contributed by atoms with van der Waals surface area (Å²) in [6, 6.07) is 11.6. The van der Waals surface area contributed by atoms with Crippen LogP contribution in [-0.4, -0.2) is 85.1 Å². The monoisotopic (exact) mass is 489 g/mol.